The topological polar surface area (TPSA) is 77.8 Å². The Bertz CT molecular complexity index is 1300. The zero-order valence-electron chi connectivity index (χ0n) is 19.8. The lowest BCUT2D eigenvalue weighted by Gasteiger charge is -2.35. The summed E-state index contributed by atoms with van der Waals surface area (Å²) in [6, 6.07) is 13.5. The quantitative estimate of drug-likeness (QED) is 0.524. The number of hydrogen-bond acceptors (Lipinski definition) is 5. The van der Waals surface area contributed by atoms with Gasteiger partial charge in [0.2, 0.25) is 0 Å². The Morgan fingerprint density at radius 1 is 1.09 bits per heavy atom. The number of aromatic nitrogens is 1. The summed E-state index contributed by atoms with van der Waals surface area (Å²) in [5.41, 5.74) is 0.625. The van der Waals surface area contributed by atoms with Crippen LogP contribution in [0.25, 0.3) is 10.9 Å². The van der Waals surface area contributed by atoms with E-state index in [9.17, 15) is 13.2 Å². The van der Waals surface area contributed by atoms with Crippen LogP contribution in [0.5, 0.6) is 0 Å². The average molecular weight is 471 g/mol. The van der Waals surface area contributed by atoms with Crippen molar-refractivity contribution in [2.75, 3.05) is 6.61 Å². The van der Waals surface area contributed by atoms with Crippen molar-refractivity contribution in [2.45, 2.75) is 63.8 Å². The smallest absolute Gasteiger partial charge is 0.413 e. The van der Waals surface area contributed by atoms with Crippen molar-refractivity contribution in [2.24, 2.45) is 0 Å². The molecule has 33 heavy (non-hydrogen) atoms. The number of amides is 1. The van der Waals surface area contributed by atoms with Gasteiger partial charge in [-0.25, -0.2) is 17.2 Å². The number of ether oxygens (including phenoxy) is 2. The van der Waals surface area contributed by atoms with Crippen LogP contribution in [0.3, 0.4) is 0 Å². The second kappa shape index (κ2) is 7.88. The summed E-state index contributed by atoms with van der Waals surface area (Å²) >= 11 is 0. The summed E-state index contributed by atoms with van der Waals surface area (Å²) in [4.78, 5) is 14.9. The molecule has 1 fully saturated rings. The van der Waals surface area contributed by atoms with E-state index in [2.05, 4.69) is 0 Å². The van der Waals surface area contributed by atoms with Crippen molar-refractivity contribution < 1.29 is 22.7 Å². The van der Waals surface area contributed by atoms with E-state index < -0.39 is 33.5 Å². The molecule has 8 heteroatoms. The number of hydrogen-bond donors (Lipinski definition) is 0. The van der Waals surface area contributed by atoms with Gasteiger partial charge in [-0.15, -0.1) is 0 Å². The molecule has 0 bridgehead atoms. The van der Waals surface area contributed by atoms with Crippen LogP contribution in [0, 0.1) is 6.92 Å². The van der Waals surface area contributed by atoms with E-state index in [-0.39, 0.29) is 11.5 Å². The highest BCUT2D eigenvalue weighted by Crippen LogP contribution is 2.41. The second-order valence-electron chi connectivity index (χ2n) is 9.84. The monoisotopic (exact) mass is 470 g/mol. The minimum absolute atomic E-state index is 0.201. The molecule has 1 aromatic heterocycles. The predicted molar refractivity (Wildman–Crippen MR) is 127 cm³/mol. The van der Waals surface area contributed by atoms with Crippen molar-refractivity contribution in [3.8, 4) is 0 Å². The number of fused-ring (bicyclic) bond motifs is 1. The zero-order valence-corrected chi connectivity index (χ0v) is 20.6. The number of rotatable bonds is 3. The summed E-state index contributed by atoms with van der Waals surface area (Å²) in [6.45, 7) is 11.2. The van der Waals surface area contributed by atoms with Crippen LogP contribution in [0.1, 0.15) is 51.8 Å². The third-order valence-corrected chi connectivity index (χ3v) is 7.41. The first-order valence-electron chi connectivity index (χ1n) is 10.9. The van der Waals surface area contributed by atoms with Gasteiger partial charge in [-0.05, 0) is 59.7 Å². The van der Waals surface area contributed by atoms with Crippen LogP contribution in [-0.2, 0) is 19.5 Å². The highest BCUT2D eigenvalue weighted by atomic mass is 32.2. The lowest BCUT2D eigenvalue weighted by atomic mass is 10.0. The standard InChI is InChI=1S/C25H30N2O5S/c1-17-11-13-18(14-12-17)33(29,30)26-15-20(19-9-7-8-10-21(19)26)22-16-31-25(5,6)27(22)23(28)32-24(2,3)4/h7-15,22H,16H2,1-6H3/t22-/m0/s1. The average Bonchev–Trinajstić information content (AvgIpc) is 3.24. The molecule has 176 valence electrons. The Morgan fingerprint density at radius 2 is 1.73 bits per heavy atom. The first kappa shape index (κ1) is 23.3. The fourth-order valence-electron chi connectivity index (χ4n) is 4.15. The second-order valence-corrected chi connectivity index (χ2v) is 11.7. The fourth-order valence-corrected chi connectivity index (χ4v) is 5.53. The third kappa shape index (κ3) is 4.25. The van der Waals surface area contributed by atoms with Gasteiger partial charge in [0, 0.05) is 17.1 Å². The van der Waals surface area contributed by atoms with Gasteiger partial charge >= 0.3 is 6.09 Å². The molecule has 0 N–H and O–H groups in total. The Balaban J connectivity index is 1.85. The van der Waals surface area contributed by atoms with Gasteiger partial charge in [0.15, 0.2) is 0 Å². The summed E-state index contributed by atoms with van der Waals surface area (Å²) < 4.78 is 40.0. The summed E-state index contributed by atoms with van der Waals surface area (Å²) in [7, 11) is -3.85. The molecule has 3 aromatic rings. The summed E-state index contributed by atoms with van der Waals surface area (Å²) in [6.07, 6.45) is 1.10. The van der Waals surface area contributed by atoms with E-state index in [1.54, 1.807) is 61.3 Å². The molecule has 1 saturated heterocycles. The fraction of sp³-hybridized carbons (Fsp3) is 0.400. The first-order valence-corrected chi connectivity index (χ1v) is 12.3. The third-order valence-electron chi connectivity index (χ3n) is 5.72. The Hall–Kier alpha value is -2.84. The van der Waals surface area contributed by atoms with Gasteiger partial charge in [-0.3, -0.25) is 4.90 Å². The minimum Gasteiger partial charge on any atom is -0.444 e. The number of carbonyl (C=O) groups excluding carboxylic acids is 1. The SMILES string of the molecule is Cc1ccc(S(=O)(=O)n2cc([C@@H]3COC(C)(C)N3C(=O)OC(C)(C)C)c3ccccc32)cc1. The summed E-state index contributed by atoms with van der Waals surface area (Å²) in [5, 5.41) is 0.744. The van der Waals surface area contributed by atoms with Crippen LogP contribution in [0.15, 0.2) is 59.6 Å². The number of para-hydroxylation sites is 1. The van der Waals surface area contributed by atoms with Crippen molar-refractivity contribution in [3.63, 3.8) is 0 Å². The van der Waals surface area contributed by atoms with Crippen LogP contribution < -0.4 is 0 Å². The van der Waals surface area contributed by atoms with E-state index in [1.807, 2.05) is 39.8 Å². The van der Waals surface area contributed by atoms with E-state index in [0.717, 1.165) is 10.9 Å². The Morgan fingerprint density at radius 3 is 2.36 bits per heavy atom. The highest BCUT2D eigenvalue weighted by molar-refractivity contribution is 7.90. The molecule has 1 aliphatic heterocycles. The molecule has 0 spiro atoms. The van der Waals surface area contributed by atoms with Gasteiger partial charge in [0.25, 0.3) is 10.0 Å². The van der Waals surface area contributed by atoms with Crippen molar-refractivity contribution in [1.29, 1.82) is 0 Å². The maximum atomic E-state index is 13.5. The minimum atomic E-state index is -3.85. The van der Waals surface area contributed by atoms with E-state index in [4.69, 9.17) is 9.47 Å². The normalized spacial score (nSPS) is 18.6. The van der Waals surface area contributed by atoms with Crippen molar-refractivity contribution in [1.82, 2.24) is 8.87 Å². The molecule has 0 unspecified atom stereocenters. The molecule has 4 rings (SSSR count). The number of benzene rings is 2. The highest BCUT2D eigenvalue weighted by Gasteiger charge is 2.47. The van der Waals surface area contributed by atoms with Gasteiger partial charge in [-0.2, -0.15) is 0 Å². The van der Waals surface area contributed by atoms with E-state index in [0.29, 0.717) is 11.1 Å². The number of nitrogens with zero attached hydrogens (tertiary/aromatic N) is 2. The molecule has 2 heterocycles. The largest absolute Gasteiger partial charge is 0.444 e. The molecular formula is C25H30N2O5S. The molecule has 0 radical (unpaired) electrons. The number of aryl methyl sites for hydroxylation is 1. The predicted octanol–water partition coefficient (Wildman–Crippen LogP) is 5.23. The van der Waals surface area contributed by atoms with Crippen molar-refractivity contribution >= 4 is 27.0 Å². The molecular weight excluding hydrogens is 440 g/mol. The van der Waals surface area contributed by atoms with Gasteiger partial charge in [-0.1, -0.05) is 35.9 Å². The molecule has 0 saturated carbocycles. The zero-order chi connectivity index (χ0) is 24.2. The Labute approximate surface area is 195 Å². The molecule has 1 atom stereocenters. The molecule has 1 aliphatic rings. The van der Waals surface area contributed by atoms with E-state index >= 15 is 0 Å². The molecule has 1 amide bonds. The van der Waals surface area contributed by atoms with E-state index in [1.165, 1.54) is 3.97 Å². The van der Waals surface area contributed by atoms with Gasteiger partial charge in [0.1, 0.15) is 11.3 Å². The van der Waals surface area contributed by atoms with Crippen molar-refractivity contribution in [3.05, 3.63) is 65.9 Å². The van der Waals surface area contributed by atoms with Crippen LogP contribution in [0.4, 0.5) is 4.79 Å². The van der Waals surface area contributed by atoms with Crippen LogP contribution >= 0.6 is 0 Å². The van der Waals surface area contributed by atoms with Gasteiger partial charge in [0.05, 0.1) is 23.1 Å². The maximum absolute atomic E-state index is 13.5. The lowest BCUT2D eigenvalue weighted by molar-refractivity contribution is -0.0625. The molecule has 7 nitrogen and oxygen atoms in total. The molecule has 0 aliphatic carbocycles. The Kier molecular flexibility index (Phi) is 5.57. The van der Waals surface area contributed by atoms with Crippen LogP contribution in [0.2, 0.25) is 0 Å². The first-order chi connectivity index (χ1) is 15.3. The lowest BCUT2D eigenvalue weighted by Crippen LogP contribution is -2.47. The summed E-state index contributed by atoms with van der Waals surface area (Å²) in [5.74, 6) is 0. The molecule has 2 aromatic carbocycles. The maximum Gasteiger partial charge on any atom is 0.413 e. The van der Waals surface area contributed by atoms with Crippen LogP contribution in [-0.4, -0.2) is 41.3 Å². The van der Waals surface area contributed by atoms with Gasteiger partial charge < -0.3 is 9.47 Å². The number of carbonyl (C=O) groups is 1.